The number of rotatable bonds is 4. The van der Waals surface area contributed by atoms with Crippen LogP contribution in [0, 0.1) is 0 Å². The number of hydrogen-bond acceptors (Lipinski definition) is 3. The van der Waals surface area contributed by atoms with Crippen LogP contribution in [0.1, 0.15) is 35.2 Å². The minimum Gasteiger partial charge on any atom is -0.257 e. The summed E-state index contributed by atoms with van der Waals surface area (Å²) in [6, 6.07) is 32.4. The van der Waals surface area contributed by atoms with Gasteiger partial charge in [0.05, 0.1) is 22.4 Å². The Morgan fingerprint density at radius 3 is 2.43 bits per heavy atom. The van der Waals surface area contributed by atoms with E-state index >= 15 is 0 Å². The molecule has 222 valence electrons. The number of fused-ring (bicyclic) bond motifs is 6. The summed E-state index contributed by atoms with van der Waals surface area (Å²) in [4.78, 5) is 14.6. The second-order valence-corrected chi connectivity index (χ2v) is 12.3. The van der Waals surface area contributed by atoms with E-state index in [1.807, 2.05) is 24.5 Å². The summed E-state index contributed by atoms with van der Waals surface area (Å²) in [5.74, 6) is 0. The fourth-order valence-electron chi connectivity index (χ4n) is 7.13. The van der Waals surface area contributed by atoms with Crippen LogP contribution in [0.5, 0.6) is 0 Å². The van der Waals surface area contributed by atoms with Crippen molar-refractivity contribution in [3.05, 3.63) is 186 Å². The van der Waals surface area contributed by atoms with Gasteiger partial charge in [-0.1, -0.05) is 97.1 Å². The predicted molar refractivity (Wildman–Crippen MR) is 195 cm³/mol. The zero-order chi connectivity index (χ0) is 31.2. The fourth-order valence-corrected chi connectivity index (χ4v) is 7.13. The van der Waals surface area contributed by atoms with Gasteiger partial charge >= 0.3 is 0 Å². The highest BCUT2D eigenvalue weighted by Crippen LogP contribution is 2.45. The summed E-state index contributed by atoms with van der Waals surface area (Å²) in [7, 11) is 0. The molecule has 3 aliphatic rings. The van der Waals surface area contributed by atoms with Crippen LogP contribution in [-0.4, -0.2) is 15.0 Å². The Hall–Kier alpha value is -5.93. The molecule has 0 unspecified atom stereocenters. The third kappa shape index (κ3) is 4.97. The molecule has 0 N–H and O–H groups in total. The molecule has 0 amide bonds. The van der Waals surface area contributed by atoms with Gasteiger partial charge in [0.15, 0.2) is 0 Å². The molecule has 0 aliphatic heterocycles. The van der Waals surface area contributed by atoms with Crippen LogP contribution in [-0.2, 0) is 6.42 Å². The van der Waals surface area contributed by atoms with Gasteiger partial charge in [-0.15, -0.1) is 0 Å². The molecular weight excluding hydrogens is 571 g/mol. The van der Waals surface area contributed by atoms with Crippen molar-refractivity contribution in [2.45, 2.75) is 19.3 Å². The molecule has 9 rings (SSSR count). The van der Waals surface area contributed by atoms with E-state index in [2.05, 4.69) is 132 Å². The molecule has 3 aromatic heterocycles. The van der Waals surface area contributed by atoms with Crippen LogP contribution < -0.4 is 0 Å². The molecule has 3 aromatic carbocycles. The summed E-state index contributed by atoms with van der Waals surface area (Å²) in [6.07, 6.45) is 24.5. The van der Waals surface area contributed by atoms with Gasteiger partial charge in [0.2, 0.25) is 0 Å². The van der Waals surface area contributed by atoms with E-state index in [1.165, 1.54) is 50.1 Å². The largest absolute Gasteiger partial charge is 0.257 e. The van der Waals surface area contributed by atoms with Crippen molar-refractivity contribution in [2.24, 2.45) is 0 Å². The Labute approximate surface area is 274 Å². The van der Waals surface area contributed by atoms with Crippen LogP contribution in [0.2, 0.25) is 0 Å². The quantitative estimate of drug-likeness (QED) is 0.188. The van der Waals surface area contributed by atoms with Gasteiger partial charge in [-0.25, -0.2) is 4.98 Å². The lowest BCUT2D eigenvalue weighted by Gasteiger charge is -2.14. The van der Waals surface area contributed by atoms with Crippen LogP contribution in [0.25, 0.3) is 55.3 Å². The highest BCUT2D eigenvalue weighted by atomic mass is 14.8. The second-order valence-electron chi connectivity index (χ2n) is 12.3. The molecule has 0 radical (unpaired) electrons. The monoisotopic (exact) mass is 601 g/mol. The highest BCUT2D eigenvalue weighted by Gasteiger charge is 2.24. The summed E-state index contributed by atoms with van der Waals surface area (Å²) in [6.45, 7) is 0. The number of aromatic nitrogens is 3. The number of nitrogens with zero attached hydrogens (tertiary/aromatic N) is 3. The average Bonchev–Trinajstić information content (AvgIpc) is 3.28. The zero-order valence-corrected chi connectivity index (χ0v) is 25.9. The van der Waals surface area contributed by atoms with E-state index in [0.29, 0.717) is 0 Å². The van der Waals surface area contributed by atoms with E-state index in [9.17, 15) is 0 Å². The first kappa shape index (κ1) is 27.4. The van der Waals surface area contributed by atoms with Crippen LogP contribution >= 0.6 is 0 Å². The molecule has 3 heterocycles. The number of hydrogen-bond donors (Lipinski definition) is 0. The van der Waals surface area contributed by atoms with Crippen molar-refractivity contribution < 1.29 is 0 Å². The minimum absolute atomic E-state index is 0.817. The molecule has 0 atom stereocenters. The lowest BCUT2D eigenvalue weighted by atomic mass is 9.90. The third-order valence-corrected chi connectivity index (χ3v) is 9.46. The highest BCUT2D eigenvalue weighted by molar-refractivity contribution is 6.03. The van der Waals surface area contributed by atoms with Crippen molar-refractivity contribution >= 4 is 33.0 Å². The van der Waals surface area contributed by atoms with Gasteiger partial charge in [-0.05, 0) is 112 Å². The molecule has 47 heavy (non-hydrogen) atoms. The van der Waals surface area contributed by atoms with Crippen molar-refractivity contribution in [3.63, 3.8) is 0 Å². The summed E-state index contributed by atoms with van der Waals surface area (Å²) in [5, 5.41) is 2.20. The van der Waals surface area contributed by atoms with Crippen LogP contribution in [0.4, 0.5) is 0 Å². The lowest BCUT2D eigenvalue weighted by molar-refractivity contribution is 1.23. The normalized spacial score (nSPS) is 15.3. The Morgan fingerprint density at radius 2 is 1.49 bits per heavy atom. The van der Waals surface area contributed by atoms with E-state index in [-0.39, 0.29) is 0 Å². The smallest absolute Gasteiger partial charge is 0.0972 e. The first-order valence-corrected chi connectivity index (χ1v) is 16.3. The third-order valence-electron chi connectivity index (χ3n) is 9.46. The zero-order valence-electron chi connectivity index (χ0n) is 25.9. The van der Waals surface area contributed by atoms with Gasteiger partial charge in [0, 0.05) is 28.7 Å². The SMILES string of the molecule is C1=CCC=C(C2=CCC(c3ccccn3)=CC(c3cccc4c3-c3cc(-c5ccc6ccc7cccnc7c6n5)ccc3C4)=C2)C=C1. The number of pyridine rings is 3. The lowest BCUT2D eigenvalue weighted by Crippen LogP contribution is -1.93. The van der Waals surface area contributed by atoms with Gasteiger partial charge < -0.3 is 0 Å². The topological polar surface area (TPSA) is 38.7 Å². The molecule has 0 saturated carbocycles. The van der Waals surface area contributed by atoms with Crippen LogP contribution in [0.3, 0.4) is 0 Å². The van der Waals surface area contributed by atoms with Crippen molar-refractivity contribution in [2.75, 3.05) is 0 Å². The summed E-state index contributed by atoms with van der Waals surface area (Å²) in [5.41, 5.74) is 16.4. The maximum absolute atomic E-state index is 5.18. The van der Waals surface area contributed by atoms with Gasteiger partial charge in [0.25, 0.3) is 0 Å². The predicted octanol–water partition coefficient (Wildman–Crippen LogP) is 10.7. The number of benzene rings is 3. The summed E-state index contributed by atoms with van der Waals surface area (Å²) < 4.78 is 0. The second kappa shape index (κ2) is 11.5. The standard InChI is InChI=1S/C44H31N3/c1-2-4-10-29(9-3-1)32-17-19-34(40-14-5-6-23-45-40)27-37(25-32)38-13-7-11-36-26-33-18-20-35(28-39(33)42(36)38)41-22-21-31-16-15-30-12-8-24-46-43(30)44(31)47-41/h1-3,5-18,20-25,27-28H,4,19,26H2. The fraction of sp³-hybridized carbons (Fsp3) is 0.0682. The Bertz CT molecular complexity index is 2420. The molecule has 0 saturated heterocycles. The van der Waals surface area contributed by atoms with E-state index in [4.69, 9.17) is 9.97 Å². The van der Waals surface area contributed by atoms with Crippen molar-refractivity contribution in [1.82, 2.24) is 15.0 Å². The average molecular weight is 602 g/mol. The summed E-state index contributed by atoms with van der Waals surface area (Å²) >= 11 is 0. The molecule has 0 bridgehead atoms. The van der Waals surface area contributed by atoms with E-state index in [0.717, 1.165) is 58.0 Å². The number of allylic oxidation sites excluding steroid dienone is 12. The molecule has 3 nitrogen and oxygen atoms in total. The molecule has 3 heteroatoms. The Morgan fingerprint density at radius 1 is 0.574 bits per heavy atom. The van der Waals surface area contributed by atoms with Crippen molar-refractivity contribution in [3.8, 4) is 22.4 Å². The minimum atomic E-state index is 0.817. The molecule has 3 aliphatic carbocycles. The Balaban J connectivity index is 1.19. The van der Waals surface area contributed by atoms with Gasteiger partial charge in [0.1, 0.15) is 0 Å². The van der Waals surface area contributed by atoms with Gasteiger partial charge in [-0.2, -0.15) is 0 Å². The molecular formula is C44H31N3. The van der Waals surface area contributed by atoms with Crippen molar-refractivity contribution in [1.29, 1.82) is 0 Å². The molecule has 0 fully saturated rings. The maximum atomic E-state index is 5.18. The first-order chi connectivity index (χ1) is 23.3. The maximum Gasteiger partial charge on any atom is 0.0972 e. The van der Waals surface area contributed by atoms with E-state index in [1.54, 1.807) is 0 Å². The Kier molecular flexibility index (Phi) is 6.68. The van der Waals surface area contributed by atoms with E-state index < -0.39 is 0 Å². The molecule has 6 aromatic rings. The van der Waals surface area contributed by atoms with Gasteiger partial charge in [-0.3, -0.25) is 9.97 Å². The van der Waals surface area contributed by atoms with Crippen LogP contribution in [0.15, 0.2) is 163 Å². The first-order valence-electron chi connectivity index (χ1n) is 16.3. The molecule has 0 spiro atoms.